The summed E-state index contributed by atoms with van der Waals surface area (Å²) in [5.41, 5.74) is 0. The predicted molar refractivity (Wildman–Crippen MR) is 64.2 cm³/mol. The minimum Gasteiger partial charge on any atom is -0.491 e. The van der Waals surface area contributed by atoms with Crippen LogP contribution < -0.4 is 10.1 Å². The van der Waals surface area contributed by atoms with Gasteiger partial charge in [0.15, 0.2) is 0 Å². The van der Waals surface area contributed by atoms with Crippen LogP contribution in [-0.4, -0.2) is 31.9 Å². The molecule has 4 heteroatoms. The summed E-state index contributed by atoms with van der Waals surface area (Å²) in [6, 6.07) is 7.40. The average molecular weight is 242 g/mol. The maximum atomic E-state index is 5.87. The second-order valence-electron chi connectivity index (χ2n) is 4.00. The molecule has 88 valence electrons. The van der Waals surface area contributed by atoms with Crippen molar-refractivity contribution in [3.8, 4) is 5.75 Å². The third kappa shape index (κ3) is 3.37. The van der Waals surface area contributed by atoms with E-state index in [9.17, 15) is 0 Å². The van der Waals surface area contributed by atoms with Crippen LogP contribution in [0.3, 0.4) is 0 Å². The van der Waals surface area contributed by atoms with E-state index in [1.165, 1.54) is 0 Å². The Hall–Kier alpha value is -0.770. The topological polar surface area (TPSA) is 30.5 Å². The van der Waals surface area contributed by atoms with E-state index in [-0.39, 0.29) is 12.2 Å². The summed E-state index contributed by atoms with van der Waals surface area (Å²) < 4.78 is 11.3. The molecule has 1 fully saturated rings. The maximum absolute atomic E-state index is 5.87. The SMILES string of the molecule is CC1CNCC(COc2cccc(Cl)c2)O1. The molecule has 0 aromatic heterocycles. The van der Waals surface area contributed by atoms with E-state index in [4.69, 9.17) is 21.1 Å². The molecule has 16 heavy (non-hydrogen) atoms. The third-order valence-electron chi connectivity index (χ3n) is 2.46. The van der Waals surface area contributed by atoms with E-state index in [0.29, 0.717) is 11.6 Å². The molecule has 0 saturated carbocycles. The lowest BCUT2D eigenvalue weighted by molar-refractivity contribution is -0.0470. The fraction of sp³-hybridized carbons (Fsp3) is 0.500. The molecular weight excluding hydrogens is 226 g/mol. The summed E-state index contributed by atoms with van der Waals surface area (Å²) in [7, 11) is 0. The Morgan fingerprint density at radius 3 is 3.12 bits per heavy atom. The van der Waals surface area contributed by atoms with Gasteiger partial charge in [0.1, 0.15) is 18.5 Å². The van der Waals surface area contributed by atoms with Crippen LogP contribution in [0.2, 0.25) is 5.02 Å². The fourth-order valence-electron chi connectivity index (χ4n) is 1.72. The molecule has 1 heterocycles. The molecule has 1 saturated heterocycles. The van der Waals surface area contributed by atoms with Crippen LogP contribution in [0.15, 0.2) is 24.3 Å². The molecule has 3 nitrogen and oxygen atoms in total. The average Bonchev–Trinajstić information content (AvgIpc) is 2.27. The Balaban J connectivity index is 1.82. The Kier molecular flexibility index (Phi) is 4.04. The smallest absolute Gasteiger partial charge is 0.120 e. The Morgan fingerprint density at radius 1 is 1.50 bits per heavy atom. The summed E-state index contributed by atoms with van der Waals surface area (Å²) >= 11 is 5.87. The van der Waals surface area contributed by atoms with Gasteiger partial charge in [-0.2, -0.15) is 0 Å². The first kappa shape index (κ1) is 11.7. The molecule has 1 aliphatic heterocycles. The van der Waals surface area contributed by atoms with Crippen molar-refractivity contribution in [1.29, 1.82) is 0 Å². The van der Waals surface area contributed by atoms with E-state index >= 15 is 0 Å². The van der Waals surface area contributed by atoms with Crippen molar-refractivity contribution in [2.75, 3.05) is 19.7 Å². The number of morpholine rings is 1. The summed E-state index contributed by atoms with van der Waals surface area (Å²) in [6.07, 6.45) is 0.365. The van der Waals surface area contributed by atoms with E-state index in [1.807, 2.05) is 18.2 Å². The number of hydrogen-bond acceptors (Lipinski definition) is 3. The lowest BCUT2D eigenvalue weighted by atomic mass is 10.2. The van der Waals surface area contributed by atoms with Crippen molar-refractivity contribution >= 4 is 11.6 Å². The molecule has 0 amide bonds. The molecule has 2 rings (SSSR count). The molecule has 0 bridgehead atoms. The zero-order valence-corrected chi connectivity index (χ0v) is 10.0. The van der Waals surface area contributed by atoms with Gasteiger partial charge in [-0.05, 0) is 25.1 Å². The van der Waals surface area contributed by atoms with Crippen LogP contribution in [0.25, 0.3) is 0 Å². The second kappa shape index (κ2) is 5.53. The van der Waals surface area contributed by atoms with Gasteiger partial charge < -0.3 is 14.8 Å². The molecule has 1 aromatic rings. The highest BCUT2D eigenvalue weighted by Crippen LogP contribution is 2.17. The van der Waals surface area contributed by atoms with Gasteiger partial charge in [0, 0.05) is 18.1 Å². The first-order chi connectivity index (χ1) is 7.74. The number of halogens is 1. The van der Waals surface area contributed by atoms with Crippen molar-refractivity contribution in [2.24, 2.45) is 0 Å². The first-order valence-electron chi connectivity index (χ1n) is 5.48. The van der Waals surface area contributed by atoms with Crippen LogP contribution >= 0.6 is 11.6 Å². The molecule has 2 atom stereocenters. The molecule has 0 spiro atoms. The molecule has 2 unspecified atom stereocenters. The Bertz CT molecular complexity index is 346. The van der Waals surface area contributed by atoms with Crippen LogP contribution in [0, 0.1) is 0 Å². The van der Waals surface area contributed by atoms with Crippen LogP contribution in [0.4, 0.5) is 0 Å². The van der Waals surface area contributed by atoms with Gasteiger partial charge in [-0.15, -0.1) is 0 Å². The molecule has 1 aromatic carbocycles. The van der Waals surface area contributed by atoms with Gasteiger partial charge in [0.25, 0.3) is 0 Å². The van der Waals surface area contributed by atoms with E-state index in [0.717, 1.165) is 18.8 Å². The molecule has 0 aliphatic carbocycles. The van der Waals surface area contributed by atoms with Crippen LogP contribution in [0.1, 0.15) is 6.92 Å². The first-order valence-corrected chi connectivity index (χ1v) is 5.86. The maximum Gasteiger partial charge on any atom is 0.120 e. The van der Waals surface area contributed by atoms with Gasteiger partial charge in [-0.1, -0.05) is 17.7 Å². The summed E-state index contributed by atoms with van der Waals surface area (Å²) in [5.74, 6) is 0.786. The van der Waals surface area contributed by atoms with Gasteiger partial charge >= 0.3 is 0 Å². The zero-order valence-electron chi connectivity index (χ0n) is 9.28. The molecule has 0 radical (unpaired) electrons. The number of hydrogen-bond donors (Lipinski definition) is 1. The largest absolute Gasteiger partial charge is 0.491 e. The van der Waals surface area contributed by atoms with E-state index < -0.39 is 0 Å². The monoisotopic (exact) mass is 241 g/mol. The summed E-state index contributed by atoms with van der Waals surface area (Å²) in [5, 5.41) is 3.99. The molecule has 1 N–H and O–H groups in total. The Labute approximate surface area is 101 Å². The highest BCUT2D eigenvalue weighted by atomic mass is 35.5. The van der Waals surface area contributed by atoms with Crippen molar-refractivity contribution in [1.82, 2.24) is 5.32 Å². The molecule has 1 aliphatic rings. The van der Waals surface area contributed by atoms with Crippen molar-refractivity contribution in [2.45, 2.75) is 19.1 Å². The van der Waals surface area contributed by atoms with Gasteiger partial charge in [-0.25, -0.2) is 0 Å². The van der Waals surface area contributed by atoms with E-state index in [2.05, 4.69) is 12.2 Å². The summed E-state index contributed by atoms with van der Waals surface area (Å²) in [6.45, 7) is 4.36. The molecular formula is C12H16ClNO2. The van der Waals surface area contributed by atoms with Crippen molar-refractivity contribution < 1.29 is 9.47 Å². The third-order valence-corrected chi connectivity index (χ3v) is 2.70. The zero-order chi connectivity index (χ0) is 11.4. The lowest BCUT2D eigenvalue weighted by Gasteiger charge is -2.28. The van der Waals surface area contributed by atoms with Gasteiger partial charge in [-0.3, -0.25) is 0 Å². The van der Waals surface area contributed by atoms with E-state index in [1.54, 1.807) is 6.07 Å². The minimum absolute atomic E-state index is 0.114. The minimum atomic E-state index is 0.114. The highest BCUT2D eigenvalue weighted by Gasteiger charge is 2.18. The number of rotatable bonds is 3. The number of nitrogens with one attached hydrogen (secondary N) is 1. The summed E-state index contributed by atoms with van der Waals surface area (Å²) in [4.78, 5) is 0. The number of ether oxygens (including phenoxy) is 2. The quantitative estimate of drug-likeness (QED) is 0.879. The second-order valence-corrected chi connectivity index (χ2v) is 4.43. The van der Waals surface area contributed by atoms with Crippen LogP contribution in [-0.2, 0) is 4.74 Å². The predicted octanol–water partition coefficient (Wildman–Crippen LogP) is 2.10. The van der Waals surface area contributed by atoms with Crippen molar-refractivity contribution in [3.05, 3.63) is 29.3 Å². The standard InChI is InChI=1S/C12H16ClNO2/c1-9-6-14-7-12(16-9)8-15-11-4-2-3-10(13)5-11/h2-5,9,12,14H,6-8H2,1H3. The fourth-order valence-corrected chi connectivity index (χ4v) is 1.90. The van der Waals surface area contributed by atoms with Crippen LogP contribution in [0.5, 0.6) is 5.75 Å². The normalized spacial score (nSPS) is 25.4. The van der Waals surface area contributed by atoms with Crippen molar-refractivity contribution in [3.63, 3.8) is 0 Å². The number of benzene rings is 1. The lowest BCUT2D eigenvalue weighted by Crippen LogP contribution is -2.45. The van der Waals surface area contributed by atoms with Gasteiger partial charge in [0.2, 0.25) is 0 Å². The van der Waals surface area contributed by atoms with Gasteiger partial charge in [0.05, 0.1) is 6.10 Å². The highest BCUT2D eigenvalue weighted by molar-refractivity contribution is 6.30. The Morgan fingerprint density at radius 2 is 2.38 bits per heavy atom.